The molecule has 3 aromatic heterocycles. The fourth-order valence-corrected chi connectivity index (χ4v) is 3.89. The van der Waals surface area contributed by atoms with Crippen LogP contribution in [0.4, 0.5) is 5.95 Å². The maximum atomic E-state index is 5.89. The molecule has 0 atom stereocenters. The number of nitrogens with one attached hydrogen (secondary N) is 1. The van der Waals surface area contributed by atoms with E-state index in [4.69, 9.17) is 5.73 Å². The lowest BCUT2D eigenvalue weighted by Crippen LogP contribution is -2.02. The molecule has 5 aromatic rings. The molecular weight excluding hydrogens is 404 g/mol. The summed E-state index contributed by atoms with van der Waals surface area (Å²) in [7, 11) is 2.02. The number of nitrogens with zero attached hydrogens (tertiary/aromatic N) is 4. The Kier molecular flexibility index (Phi) is 3.51. The van der Waals surface area contributed by atoms with E-state index in [0.717, 1.165) is 37.4 Å². The van der Waals surface area contributed by atoms with E-state index in [9.17, 15) is 0 Å². The maximum absolute atomic E-state index is 5.89. The first kappa shape index (κ1) is 16.0. The second-order valence-corrected chi connectivity index (χ2v) is 7.35. The Morgan fingerprint density at radius 2 is 1.85 bits per heavy atom. The van der Waals surface area contributed by atoms with Gasteiger partial charge in [-0.1, -0.05) is 34.1 Å². The number of anilines is 1. The molecule has 27 heavy (non-hydrogen) atoms. The molecule has 0 fully saturated rings. The molecule has 0 saturated heterocycles. The van der Waals surface area contributed by atoms with E-state index >= 15 is 0 Å². The Bertz CT molecular complexity index is 1320. The van der Waals surface area contributed by atoms with E-state index < -0.39 is 0 Å². The highest BCUT2D eigenvalue weighted by Gasteiger charge is 2.19. The van der Waals surface area contributed by atoms with Crippen molar-refractivity contribution in [2.24, 2.45) is 7.05 Å². The number of rotatable bonds is 2. The Labute approximate surface area is 163 Å². The van der Waals surface area contributed by atoms with Gasteiger partial charge in [-0.05, 0) is 24.3 Å². The monoisotopic (exact) mass is 418 g/mol. The zero-order valence-corrected chi connectivity index (χ0v) is 16.0. The molecule has 5 rings (SSSR count). The van der Waals surface area contributed by atoms with Gasteiger partial charge in [-0.25, -0.2) is 4.98 Å². The molecule has 0 unspecified atom stereocenters. The first-order valence-electron chi connectivity index (χ1n) is 8.43. The van der Waals surface area contributed by atoms with Gasteiger partial charge in [0, 0.05) is 56.8 Å². The van der Waals surface area contributed by atoms with Crippen LogP contribution in [0.5, 0.6) is 0 Å². The lowest BCUT2D eigenvalue weighted by Gasteiger charge is -2.07. The number of nitrogens with two attached hydrogens (primary N) is 1. The molecule has 7 heteroatoms. The number of benzene rings is 2. The number of nitrogen functional groups attached to an aromatic ring is 1. The van der Waals surface area contributed by atoms with Crippen molar-refractivity contribution in [1.29, 1.82) is 0 Å². The van der Waals surface area contributed by atoms with Crippen molar-refractivity contribution in [2.75, 3.05) is 5.73 Å². The van der Waals surface area contributed by atoms with E-state index in [1.165, 1.54) is 0 Å². The van der Waals surface area contributed by atoms with Crippen molar-refractivity contribution in [3.05, 3.63) is 59.3 Å². The summed E-state index contributed by atoms with van der Waals surface area (Å²) in [4.78, 5) is 7.84. The zero-order chi connectivity index (χ0) is 18.5. The van der Waals surface area contributed by atoms with Gasteiger partial charge >= 0.3 is 0 Å². The average Bonchev–Trinajstić information content (AvgIpc) is 3.23. The molecule has 0 saturated carbocycles. The minimum Gasteiger partial charge on any atom is -0.366 e. The second-order valence-electron chi connectivity index (χ2n) is 6.43. The fourth-order valence-electron chi connectivity index (χ4n) is 3.53. The SMILES string of the molecule is Cn1cc(-c2nnc(N)nc2-c2c[nH]c3ccccc23)c2cc(Br)ccc21. The number of H-pyrrole nitrogens is 1. The lowest BCUT2D eigenvalue weighted by molar-refractivity contribution is 0.963. The van der Waals surface area contributed by atoms with Crippen LogP contribution in [-0.4, -0.2) is 24.7 Å². The Balaban J connectivity index is 1.84. The normalized spacial score (nSPS) is 11.5. The Morgan fingerprint density at radius 1 is 1.00 bits per heavy atom. The summed E-state index contributed by atoms with van der Waals surface area (Å²) in [5.74, 6) is 0.153. The zero-order valence-electron chi connectivity index (χ0n) is 14.4. The van der Waals surface area contributed by atoms with Crippen LogP contribution in [0.3, 0.4) is 0 Å². The quantitative estimate of drug-likeness (QED) is 0.441. The summed E-state index contributed by atoms with van der Waals surface area (Å²) in [5.41, 5.74) is 11.4. The third-order valence-corrected chi connectivity index (χ3v) is 5.25. The van der Waals surface area contributed by atoms with E-state index in [1.54, 1.807) is 0 Å². The van der Waals surface area contributed by atoms with Gasteiger partial charge in [-0.2, -0.15) is 0 Å². The summed E-state index contributed by atoms with van der Waals surface area (Å²) >= 11 is 3.56. The van der Waals surface area contributed by atoms with Gasteiger partial charge in [-0.3, -0.25) is 0 Å². The number of hydrogen-bond acceptors (Lipinski definition) is 4. The largest absolute Gasteiger partial charge is 0.366 e. The Hall–Kier alpha value is -3.19. The van der Waals surface area contributed by atoms with Crippen molar-refractivity contribution in [2.45, 2.75) is 0 Å². The summed E-state index contributed by atoms with van der Waals surface area (Å²) < 4.78 is 3.08. The van der Waals surface area contributed by atoms with Crippen LogP contribution in [0.1, 0.15) is 0 Å². The minimum absolute atomic E-state index is 0.153. The van der Waals surface area contributed by atoms with E-state index in [2.05, 4.69) is 65.1 Å². The van der Waals surface area contributed by atoms with Crippen LogP contribution in [0.25, 0.3) is 44.3 Å². The number of hydrogen-bond donors (Lipinski definition) is 2. The molecule has 0 aliphatic heterocycles. The molecule has 0 amide bonds. The molecule has 3 N–H and O–H groups in total. The third-order valence-electron chi connectivity index (χ3n) is 4.75. The molecular formula is C20H15BrN6. The molecule has 0 aliphatic rings. The van der Waals surface area contributed by atoms with Crippen LogP contribution in [0.2, 0.25) is 0 Å². The Morgan fingerprint density at radius 3 is 2.74 bits per heavy atom. The van der Waals surface area contributed by atoms with Crippen LogP contribution in [0, 0.1) is 0 Å². The predicted molar refractivity (Wildman–Crippen MR) is 111 cm³/mol. The van der Waals surface area contributed by atoms with Gasteiger partial charge in [0.1, 0.15) is 11.4 Å². The molecule has 0 bridgehead atoms. The topological polar surface area (TPSA) is 85.4 Å². The number of fused-ring (bicyclic) bond motifs is 2. The van der Waals surface area contributed by atoms with Gasteiger partial charge in [0.2, 0.25) is 5.95 Å². The number of aromatic nitrogens is 5. The highest BCUT2D eigenvalue weighted by atomic mass is 79.9. The molecule has 132 valence electrons. The van der Waals surface area contributed by atoms with Gasteiger partial charge in [0.05, 0.1) is 0 Å². The van der Waals surface area contributed by atoms with Crippen LogP contribution in [0.15, 0.2) is 59.3 Å². The predicted octanol–water partition coefficient (Wildman–Crippen LogP) is 4.52. The summed E-state index contributed by atoms with van der Waals surface area (Å²) in [5, 5.41) is 10.6. The number of aromatic amines is 1. The summed E-state index contributed by atoms with van der Waals surface area (Å²) in [6.07, 6.45) is 4.00. The van der Waals surface area contributed by atoms with Gasteiger partial charge in [-0.15, -0.1) is 10.2 Å². The number of aryl methyl sites for hydroxylation is 1. The highest BCUT2D eigenvalue weighted by molar-refractivity contribution is 9.10. The van der Waals surface area contributed by atoms with E-state index in [0.29, 0.717) is 11.4 Å². The van der Waals surface area contributed by atoms with Gasteiger partial charge in [0.15, 0.2) is 0 Å². The van der Waals surface area contributed by atoms with E-state index in [1.807, 2.05) is 37.5 Å². The standard InChI is InChI=1S/C20H15BrN6/c1-27-10-15(13-8-11(21)6-7-17(13)27)19-18(24-20(22)26-25-19)14-9-23-16-5-3-2-4-12(14)16/h2-10,23H,1H3,(H2,22,24,26). The van der Waals surface area contributed by atoms with Gasteiger partial charge < -0.3 is 15.3 Å². The smallest absolute Gasteiger partial charge is 0.240 e. The van der Waals surface area contributed by atoms with Crippen LogP contribution < -0.4 is 5.73 Å². The second kappa shape index (κ2) is 5.92. The molecule has 0 radical (unpaired) electrons. The summed E-state index contributed by atoms with van der Waals surface area (Å²) in [6.45, 7) is 0. The van der Waals surface area contributed by atoms with E-state index in [-0.39, 0.29) is 5.95 Å². The molecule has 0 spiro atoms. The van der Waals surface area contributed by atoms with Crippen molar-refractivity contribution in [3.8, 4) is 22.5 Å². The average molecular weight is 419 g/mol. The van der Waals surface area contributed by atoms with Crippen molar-refractivity contribution in [1.82, 2.24) is 24.7 Å². The van der Waals surface area contributed by atoms with Crippen molar-refractivity contribution >= 4 is 43.7 Å². The van der Waals surface area contributed by atoms with Gasteiger partial charge in [0.25, 0.3) is 0 Å². The molecule has 6 nitrogen and oxygen atoms in total. The molecule has 3 heterocycles. The first-order valence-corrected chi connectivity index (χ1v) is 9.23. The van der Waals surface area contributed by atoms with Crippen molar-refractivity contribution < 1.29 is 0 Å². The van der Waals surface area contributed by atoms with Crippen molar-refractivity contribution in [3.63, 3.8) is 0 Å². The fraction of sp³-hybridized carbons (Fsp3) is 0.0500. The molecule has 2 aromatic carbocycles. The minimum atomic E-state index is 0.153. The molecule has 0 aliphatic carbocycles. The third kappa shape index (κ3) is 2.50. The number of halogens is 1. The van der Waals surface area contributed by atoms with Crippen LogP contribution in [-0.2, 0) is 7.05 Å². The highest BCUT2D eigenvalue weighted by Crippen LogP contribution is 2.37. The first-order chi connectivity index (χ1) is 13.1. The van der Waals surface area contributed by atoms with Crippen LogP contribution >= 0.6 is 15.9 Å². The summed E-state index contributed by atoms with van der Waals surface area (Å²) in [6, 6.07) is 14.3. The lowest BCUT2D eigenvalue weighted by atomic mass is 10.0. The maximum Gasteiger partial charge on any atom is 0.240 e. The number of para-hydroxylation sites is 1.